The highest BCUT2D eigenvalue weighted by atomic mass is 16.7. The molecule has 1 aliphatic rings. The molecule has 4 nitrogen and oxygen atoms in total. The van der Waals surface area contributed by atoms with E-state index in [1.54, 1.807) is 7.11 Å². The van der Waals surface area contributed by atoms with Gasteiger partial charge in [-0.25, -0.2) is 5.06 Å². The van der Waals surface area contributed by atoms with E-state index in [0.717, 1.165) is 18.4 Å². The number of nitrogens with zero attached hydrogens (tertiary/aromatic N) is 1. The first kappa shape index (κ1) is 12.1. The number of hydrogen-bond donors (Lipinski definition) is 0. The van der Waals surface area contributed by atoms with E-state index >= 15 is 0 Å². The van der Waals surface area contributed by atoms with Crippen LogP contribution in [0.25, 0.3) is 0 Å². The van der Waals surface area contributed by atoms with E-state index in [-0.39, 0.29) is 5.91 Å². The van der Waals surface area contributed by atoms with Gasteiger partial charge in [-0.1, -0.05) is 18.2 Å². The van der Waals surface area contributed by atoms with Gasteiger partial charge in [-0.15, -0.1) is 0 Å². The van der Waals surface area contributed by atoms with Gasteiger partial charge in [-0.05, 0) is 24.5 Å². The van der Waals surface area contributed by atoms with Gasteiger partial charge in [-0.3, -0.25) is 9.63 Å². The lowest BCUT2D eigenvalue weighted by Gasteiger charge is -2.26. The topological polar surface area (TPSA) is 38.8 Å². The van der Waals surface area contributed by atoms with Gasteiger partial charge in [0.15, 0.2) is 0 Å². The first-order valence-electron chi connectivity index (χ1n) is 5.84. The molecule has 1 amide bonds. The molecule has 1 aromatic rings. The van der Waals surface area contributed by atoms with Crippen molar-refractivity contribution >= 4 is 5.91 Å². The Labute approximate surface area is 101 Å². The summed E-state index contributed by atoms with van der Waals surface area (Å²) in [7, 11) is 1.62. The zero-order valence-electron chi connectivity index (χ0n) is 10.0. The van der Waals surface area contributed by atoms with E-state index in [9.17, 15) is 4.79 Å². The summed E-state index contributed by atoms with van der Waals surface area (Å²) in [5.74, 6) is -0.0719. The largest absolute Gasteiger partial charge is 0.380 e. The van der Waals surface area contributed by atoms with E-state index in [4.69, 9.17) is 9.57 Å². The van der Waals surface area contributed by atoms with Gasteiger partial charge in [0.25, 0.3) is 5.91 Å². The Bertz CT molecular complexity index is 386. The Morgan fingerprint density at radius 2 is 2.24 bits per heavy atom. The van der Waals surface area contributed by atoms with Crippen LogP contribution in [-0.2, 0) is 16.2 Å². The standard InChI is InChI=1S/C13H17NO3/c1-16-10-11-6-2-3-7-12(11)13(15)14-8-4-5-9-17-14/h2-3,6-7H,4-5,8-10H2,1H3. The molecule has 0 saturated carbocycles. The van der Waals surface area contributed by atoms with Crippen molar-refractivity contribution in [3.63, 3.8) is 0 Å². The summed E-state index contributed by atoms with van der Waals surface area (Å²) in [6.45, 7) is 1.73. The summed E-state index contributed by atoms with van der Waals surface area (Å²) < 4.78 is 5.09. The molecule has 17 heavy (non-hydrogen) atoms. The number of amides is 1. The third-order valence-electron chi connectivity index (χ3n) is 2.78. The predicted octanol–water partition coefficient (Wildman–Crippen LogP) is 2.00. The molecule has 0 unspecified atom stereocenters. The van der Waals surface area contributed by atoms with Crippen LogP contribution in [0.3, 0.4) is 0 Å². The van der Waals surface area contributed by atoms with Crippen molar-refractivity contribution in [3.8, 4) is 0 Å². The molecule has 2 rings (SSSR count). The first-order valence-corrected chi connectivity index (χ1v) is 5.84. The van der Waals surface area contributed by atoms with E-state index in [1.807, 2.05) is 24.3 Å². The summed E-state index contributed by atoms with van der Waals surface area (Å²) in [4.78, 5) is 17.6. The smallest absolute Gasteiger partial charge is 0.277 e. The molecule has 4 heteroatoms. The SMILES string of the molecule is COCc1ccccc1C(=O)N1CCCCO1. The highest BCUT2D eigenvalue weighted by Crippen LogP contribution is 2.15. The van der Waals surface area contributed by atoms with E-state index < -0.39 is 0 Å². The summed E-state index contributed by atoms with van der Waals surface area (Å²) in [5, 5.41) is 1.46. The van der Waals surface area contributed by atoms with Gasteiger partial charge in [-0.2, -0.15) is 0 Å². The van der Waals surface area contributed by atoms with Crippen molar-refractivity contribution in [2.75, 3.05) is 20.3 Å². The lowest BCUT2D eigenvalue weighted by molar-refractivity contribution is -0.144. The minimum Gasteiger partial charge on any atom is -0.380 e. The molecule has 0 bridgehead atoms. The molecule has 1 fully saturated rings. The van der Waals surface area contributed by atoms with Crippen LogP contribution in [0.2, 0.25) is 0 Å². The highest BCUT2D eigenvalue weighted by molar-refractivity contribution is 5.95. The van der Waals surface area contributed by atoms with Gasteiger partial charge in [0.05, 0.1) is 13.2 Å². The van der Waals surface area contributed by atoms with Crippen LogP contribution in [-0.4, -0.2) is 31.2 Å². The number of hydroxylamine groups is 2. The lowest BCUT2D eigenvalue weighted by atomic mass is 10.1. The maximum Gasteiger partial charge on any atom is 0.277 e. The monoisotopic (exact) mass is 235 g/mol. The van der Waals surface area contributed by atoms with Crippen molar-refractivity contribution in [1.29, 1.82) is 0 Å². The molecule has 1 aromatic carbocycles. The lowest BCUT2D eigenvalue weighted by Crippen LogP contribution is -2.36. The molecule has 1 saturated heterocycles. The zero-order valence-corrected chi connectivity index (χ0v) is 10.0. The first-order chi connectivity index (χ1) is 8.33. The molecule has 0 aromatic heterocycles. The fourth-order valence-electron chi connectivity index (χ4n) is 1.90. The molecule has 92 valence electrons. The van der Waals surface area contributed by atoms with Crippen LogP contribution in [0, 0.1) is 0 Å². The number of rotatable bonds is 3. The molecular formula is C13H17NO3. The molecule has 0 aliphatic carbocycles. The minimum absolute atomic E-state index is 0.0719. The maximum atomic E-state index is 12.2. The van der Waals surface area contributed by atoms with Gasteiger partial charge in [0.2, 0.25) is 0 Å². The van der Waals surface area contributed by atoms with Crippen molar-refractivity contribution in [1.82, 2.24) is 5.06 Å². The quantitative estimate of drug-likeness (QED) is 0.804. The molecule has 1 aliphatic heterocycles. The van der Waals surface area contributed by atoms with E-state index in [2.05, 4.69) is 0 Å². The zero-order chi connectivity index (χ0) is 12.1. The molecule has 0 N–H and O–H groups in total. The predicted molar refractivity (Wildman–Crippen MR) is 63.4 cm³/mol. The number of carbonyl (C=O) groups is 1. The van der Waals surface area contributed by atoms with E-state index in [1.165, 1.54) is 5.06 Å². The number of hydrogen-bond acceptors (Lipinski definition) is 3. The van der Waals surface area contributed by atoms with Crippen molar-refractivity contribution in [2.45, 2.75) is 19.4 Å². The van der Waals surface area contributed by atoms with Crippen LogP contribution < -0.4 is 0 Å². The number of ether oxygens (including phenoxy) is 1. The number of methoxy groups -OCH3 is 1. The van der Waals surface area contributed by atoms with Crippen LogP contribution in [0.15, 0.2) is 24.3 Å². The second-order valence-corrected chi connectivity index (χ2v) is 4.04. The van der Waals surface area contributed by atoms with Gasteiger partial charge in [0, 0.05) is 19.2 Å². The third-order valence-corrected chi connectivity index (χ3v) is 2.78. The minimum atomic E-state index is -0.0719. The highest BCUT2D eigenvalue weighted by Gasteiger charge is 2.21. The molecule has 0 radical (unpaired) electrons. The van der Waals surface area contributed by atoms with Crippen LogP contribution in [0.5, 0.6) is 0 Å². The Hall–Kier alpha value is -1.39. The van der Waals surface area contributed by atoms with Crippen LogP contribution >= 0.6 is 0 Å². The fourth-order valence-corrected chi connectivity index (χ4v) is 1.90. The number of carbonyl (C=O) groups excluding carboxylic acids is 1. The molecule has 1 heterocycles. The normalized spacial score (nSPS) is 15.9. The van der Waals surface area contributed by atoms with Crippen molar-refractivity contribution < 1.29 is 14.4 Å². The Morgan fingerprint density at radius 3 is 2.94 bits per heavy atom. The summed E-state index contributed by atoms with van der Waals surface area (Å²) in [5.41, 5.74) is 1.56. The Morgan fingerprint density at radius 1 is 1.41 bits per heavy atom. The molecule has 0 atom stereocenters. The van der Waals surface area contributed by atoms with Crippen molar-refractivity contribution in [3.05, 3.63) is 35.4 Å². The van der Waals surface area contributed by atoms with Gasteiger partial charge < -0.3 is 4.74 Å². The fraction of sp³-hybridized carbons (Fsp3) is 0.462. The summed E-state index contributed by atoms with van der Waals surface area (Å²) in [6, 6.07) is 7.48. The van der Waals surface area contributed by atoms with Gasteiger partial charge in [0.1, 0.15) is 0 Å². The number of benzene rings is 1. The second kappa shape index (κ2) is 5.80. The van der Waals surface area contributed by atoms with Crippen LogP contribution in [0.4, 0.5) is 0 Å². The molecule has 0 spiro atoms. The summed E-state index contributed by atoms with van der Waals surface area (Å²) in [6.07, 6.45) is 2.02. The Balaban J connectivity index is 2.17. The van der Waals surface area contributed by atoms with E-state index in [0.29, 0.717) is 25.3 Å². The summed E-state index contributed by atoms with van der Waals surface area (Å²) >= 11 is 0. The maximum absolute atomic E-state index is 12.2. The second-order valence-electron chi connectivity index (χ2n) is 4.04. The van der Waals surface area contributed by atoms with Crippen LogP contribution in [0.1, 0.15) is 28.8 Å². The van der Waals surface area contributed by atoms with Crippen molar-refractivity contribution in [2.24, 2.45) is 0 Å². The molecular weight excluding hydrogens is 218 g/mol. The average Bonchev–Trinajstić information content (AvgIpc) is 2.40. The Kier molecular flexibility index (Phi) is 4.12. The average molecular weight is 235 g/mol. The van der Waals surface area contributed by atoms with Gasteiger partial charge >= 0.3 is 0 Å². The third kappa shape index (κ3) is 2.84.